The normalized spacial score (nSPS) is 10.2. The smallest absolute Gasteiger partial charge is 0.125 e. The predicted molar refractivity (Wildman–Crippen MR) is 65.3 cm³/mol. The van der Waals surface area contributed by atoms with Gasteiger partial charge in [0.25, 0.3) is 0 Å². The first-order valence-electron chi connectivity index (χ1n) is 5.00. The molecule has 0 saturated heterocycles. The third-order valence-electron chi connectivity index (χ3n) is 2.43. The van der Waals surface area contributed by atoms with Crippen LogP contribution in [0.1, 0.15) is 11.3 Å². The standard InChI is InChI=1S/C12H9BrFN3/c1-8-11(5-6-15)12(13)17(16-8)10-4-2-3-9(14)7-10/h2-4,7H,5H2,1H3. The number of hydrogen-bond acceptors (Lipinski definition) is 2. The largest absolute Gasteiger partial charge is 0.226 e. The SMILES string of the molecule is Cc1nn(-c2cccc(F)c2)c(Br)c1CC#N. The van der Waals surface area contributed by atoms with Crippen molar-refractivity contribution in [3.05, 3.63) is 45.9 Å². The van der Waals surface area contributed by atoms with E-state index in [2.05, 4.69) is 27.1 Å². The Labute approximate surface area is 107 Å². The van der Waals surface area contributed by atoms with E-state index in [9.17, 15) is 4.39 Å². The van der Waals surface area contributed by atoms with E-state index in [1.54, 1.807) is 16.8 Å². The fraction of sp³-hybridized carbons (Fsp3) is 0.167. The third kappa shape index (κ3) is 2.22. The number of nitriles is 1. The molecule has 3 nitrogen and oxygen atoms in total. The third-order valence-corrected chi connectivity index (χ3v) is 3.24. The average molecular weight is 294 g/mol. The highest BCUT2D eigenvalue weighted by Gasteiger charge is 2.13. The second-order valence-electron chi connectivity index (χ2n) is 3.58. The Morgan fingerprint density at radius 2 is 2.29 bits per heavy atom. The molecule has 0 fully saturated rings. The van der Waals surface area contributed by atoms with E-state index in [4.69, 9.17) is 5.26 Å². The maximum absolute atomic E-state index is 13.1. The average Bonchev–Trinajstić information content (AvgIpc) is 2.57. The van der Waals surface area contributed by atoms with Crippen LogP contribution in [0.25, 0.3) is 5.69 Å². The van der Waals surface area contributed by atoms with Crippen LogP contribution < -0.4 is 0 Å². The summed E-state index contributed by atoms with van der Waals surface area (Å²) >= 11 is 3.39. The minimum absolute atomic E-state index is 0.279. The van der Waals surface area contributed by atoms with Crippen molar-refractivity contribution in [3.63, 3.8) is 0 Å². The summed E-state index contributed by atoms with van der Waals surface area (Å²) in [6, 6.07) is 8.24. The lowest BCUT2D eigenvalue weighted by Crippen LogP contribution is -1.97. The van der Waals surface area contributed by atoms with Crippen molar-refractivity contribution in [2.24, 2.45) is 0 Å². The van der Waals surface area contributed by atoms with Gasteiger partial charge in [-0.3, -0.25) is 0 Å². The minimum atomic E-state index is -0.315. The quantitative estimate of drug-likeness (QED) is 0.853. The summed E-state index contributed by atoms with van der Waals surface area (Å²) in [4.78, 5) is 0. The molecule has 0 aliphatic carbocycles. The van der Waals surface area contributed by atoms with Crippen LogP contribution in [0.2, 0.25) is 0 Å². The van der Waals surface area contributed by atoms with Gasteiger partial charge in [-0.05, 0) is 41.1 Å². The molecule has 17 heavy (non-hydrogen) atoms. The van der Waals surface area contributed by atoms with Crippen molar-refractivity contribution >= 4 is 15.9 Å². The molecule has 0 unspecified atom stereocenters. The number of benzene rings is 1. The molecule has 5 heteroatoms. The molecule has 0 bridgehead atoms. The first-order valence-corrected chi connectivity index (χ1v) is 5.79. The first kappa shape index (κ1) is 11.8. The van der Waals surface area contributed by atoms with Crippen molar-refractivity contribution < 1.29 is 4.39 Å². The number of aryl methyl sites for hydroxylation is 1. The van der Waals surface area contributed by atoms with Crippen molar-refractivity contribution in [2.75, 3.05) is 0 Å². The number of nitrogens with zero attached hydrogens (tertiary/aromatic N) is 3. The van der Waals surface area contributed by atoms with Crippen LogP contribution in [-0.4, -0.2) is 9.78 Å². The molecular formula is C12H9BrFN3. The van der Waals surface area contributed by atoms with Gasteiger partial charge in [0.2, 0.25) is 0 Å². The Morgan fingerprint density at radius 3 is 2.94 bits per heavy atom. The van der Waals surface area contributed by atoms with Crippen LogP contribution in [-0.2, 0) is 6.42 Å². The van der Waals surface area contributed by atoms with Crippen LogP contribution >= 0.6 is 15.9 Å². The number of rotatable bonds is 2. The Bertz CT molecular complexity index is 598. The number of hydrogen-bond donors (Lipinski definition) is 0. The van der Waals surface area contributed by atoms with Crippen LogP contribution in [0.4, 0.5) is 4.39 Å². The van der Waals surface area contributed by atoms with Gasteiger partial charge in [0.05, 0.1) is 23.9 Å². The summed E-state index contributed by atoms with van der Waals surface area (Å²) < 4.78 is 15.4. The van der Waals surface area contributed by atoms with Gasteiger partial charge in [-0.2, -0.15) is 10.4 Å². The van der Waals surface area contributed by atoms with Gasteiger partial charge in [0, 0.05) is 5.56 Å². The second kappa shape index (κ2) is 4.68. The van der Waals surface area contributed by atoms with E-state index in [0.717, 1.165) is 11.3 Å². The zero-order valence-electron chi connectivity index (χ0n) is 9.11. The summed E-state index contributed by atoms with van der Waals surface area (Å²) in [6.07, 6.45) is 0.279. The molecule has 0 spiro atoms. The molecule has 0 aliphatic heterocycles. The fourth-order valence-corrected chi connectivity index (χ4v) is 2.30. The van der Waals surface area contributed by atoms with Gasteiger partial charge >= 0.3 is 0 Å². The van der Waals surface area contributed by atoms with E-state index in [1.165, 1.54) is 12.1 Å². The molecule has 1 aromatic heterocycles. The first-order chi connectivity index (χ1) is 8.13. The monoisotopic (exact) mass is 293 g/mol. The van der Waals surface area contributed by atoms with Crippen LogP contribution in [0.5, 0.6) is 0 Å². The fourth-order valence-electron chi connectivity index (χ4n) is 1.59. The molecule has 0 aliphatic rings. The highest BCUT2D eigenvalue weighted by atomic mass is 79.9. The van der Waals surface area contributed by atoms with Gasteiger partial charge in [0.15, 0.2) is 0 Å². The summed E-state index contributed by atoms with van der Waals surface area (Å²) in [5.41, 5.74) is 2.23. The summed E-state index contributed by atoms with van der Waals surface area (Å²) in [7, 11) is 0. The van der Waals surface area contributed by atoms with Crippen LogP contribution in [0, 0.1) is 24.1 Å². The molecule has 1 aromatic carbocycles. The maximum Gasteiger partial charge on any atom is 0.125 e. The van der Waals surface area contributed by atoms with Crippen LogP contribution in [0.15, 0.2) is 28.9 Å². The highest BCUT2D eigenvalue weighted by molar-refractivity contribution is 9.10. The maximum atomic E-state index is 13.1. The molecule has 1 heterocycles. The molecule has 2 aromatic rings. The Kier molecular flexibility index (Phi) is 3.25. The Hall–Kier alpha value is -1.67. The van der Waals surface area contributed by atoms with Crippen molar-refractivity contribution in [1.29, 1.82) is 5.26 Å². The van der Waals surface area contributed by atoms with Crippen molar-refractivity contribution in [2.45, 2.75) is 13.3 Å². The second-order valence-corrected chi connectivity index (χ2v) is 4.33. The molecule has 0 amide bonds. The number of halogens is 2. The molecule has 0 N–H and O–H groups in total. The lowest BCUT2D eigenvalue weighted by atomic mass is 10.2. The topological polar surface area (TPSA) is 41.6 Å². The predicted octanol–water partition coefficient (Wildman–Crippen LogP) is 3.15. The van der Waals surface area contributed by atoms with E-state index in [-0.39, 0.29) is 12.2 Å². The Balaban J connectivity index is 2.54. The molecule has 0 saturated carbocycles. The van der Waals surface area contributed by atoms with E-state index in [1.807, 2.05) is 6.92 Å². The summed E-state index contributed by atoms with van der Waals surface area (Å²) in [5.74, 6) is -0.315. The van der Waals surface area contributed by atoms with Gasteiger partial charge in [-0.1, -0.05) is 6.07 Å². The minimum Gasteiger partial charge on any atom is -0.226 e. The van der Waals surface area contributed by atoms with Gasteiger partial charge in [0.1, 0.15) is 10.4 Å². The molecular weight excluding hydrogens is 285 g/mol. The van der Waals surface area contributed by atoms with E-state index in [0.29, 0.717) is 10.3 Å². The van der Waals surface area contributed by atoms with Gasteiger partial charge < -0.3 is 0 Å². The van der Waals surface area contributed by atoms with E-state index < -0.39 is 0 Å². The van der Waals surface area contributed by atoms with Gasteiger partial charge in [-0.25, -0.2) is 9.07 Å². The number of aromatic nitrogens is 2. The lowest BCUT2D eigenvalue weighted by molar-refractivity contribution is 0.625. The van der Waals surface area contributed by atoms with Crippen LogP contribution in [0.3, 0.4) is 0 Å². The zero-order chi connectivity index (χ0) is 12.4. The highest BCUT2D eigenvalue weighted by Crippen LogP contribution is 2.24. The van der Waals surface area contributed by atoms with Crippen molar-refractivity contribution in [3.8, 4) is 11.8 Å². The van der Waals surface area contributed by atoms with Gasteiger partial charge in [-0.15, -0.1) is 0 Å². The van der Waals surface area contributed by atoms with E-state index >= 15 is 0 Å². The van der Waals surface area contributed by atoms with Crippen molar-refractivity contribution in [1.82, 2.24) is 9.78 Å². The molecule has 0 radical (unpaired) electrons. The summed E-state index contributed by atoms with van der Waals surface area (Å²) in [5, 5.41) is 13.0. The zero-order valence-corrected chi connectivity index (χ0v) is 10.7. The summed E-state index contributed by atoms with van der Waals surface area (Å²) in [6.45, 7) is 1.83. The molecule has 0 atom stereocenters. The Morgan fingerprint density at radius 1 is 1.53 bits per heavy atom. The lowest BCUT2D eigenvalue weighted by Gasteiger charge is -2.03. The molecule has 86 valence electrons. The molecule has 2 rings (SSSR count).